The Labute approximate surface area is 141 Å². The first-order valence-corrected chi connectivity index (χ1v) is 8.18. The number of carbonyl (C=O) groups is 2. The van der Waals surface area contributed by atoms with Crippen LogP contribution in [0, 0.1) is 5.92 Å². The third-order valence-corrected chi connectivity index (χ3v) is 2.98. The average molecular weight is 335 g/mol. The van der Waals surface area contributed by atoms with Crippen molar-refractivity contribution in [3.05, 3.63) is 0 Å². The highest BCUT2D eigenvalue weighted by Gasteiger charge is 2.18. The van der Waals surface area contributed by atoms with Crippen LogP contribution in [0.4, 0.5) is 0 Å². The first-order chi connectivity index (χ1) is 10.8. The second-order valence-corrected chi connectivity index (χ2v) is 5.14. The molecule has 0 bridgehead atoms. The molecule has 140 valence electrons. The fourth-order valence-electron chi connectivity index (χ4n) is 1.77. The third-order valence-electron chi connectivity index (χ3n) is 2.98. The van der Waals surface area contributed by atoms with E-state index >= 15 is 0 Å². The maximum Gasteiger partial charge on any atom is 0.306 e. The van der Waals surface area contributed by atoms with Gasteiger partial charge in [-0.3, -0.25) is 9.59 Å². The van der Waals surface area contributed by atoms with Crippen LogP contribution in [0.25, 0.3) is 0 Å². The van der Waals surface area contributed by atoms with E-state index in [0.29, 0.717) is 19.3 Å². The SMILES string of the molecule is CCN(CC)CCC(CCCC(=O)O)C(=O)O.CNC.CNC. The summed E-state index contributed by atoms with van der Waals surface area (Å²) in [4.78, 5) is 23.5. The van der Waals surface area contributed by atoms with Gasteiger partial charge in [0.15, 0.2) is 0 Å². The van der Waals surface area contributed by atoms with Crippen molar-refractivity contribution in [1.29, 1.82) is 0 Å². The molecule has 0 spiro atoms. The van der Waals surface area contributed by atoms with Gasteiger partial charge in [0.2, 0.25) is 0 Å². The second kappa shape index (κ2) is 20.8. The van der Waals surface area contributed by atoms with E-state index in [1.54, 1.807) is 0 Å². The quantitative estimate of drug-likeness (QED) is 0.478. The van der Waals surface area contributed by atoms with E-state index in [1.807, 2.05) is 42.0 Å². The highest BCUT2D eigenvalue weighted by molar-refractivity contribution is 5.70. The van der Waals surface area contributed by atoms with Crippen molar-refractivity contribution in [2.75, 3.05) is 47.8 Å². The Kier molecular flexibility index (Phi) is 24.2. The Balaban J connectivity index is -0.000000573. The predicted octanol–water partition coefficient (Wildman–Crippen LogP) is 1.35. The van der Waals surface area contributed by atoms with E-state index in [2.05, 4.69) is 15.5 Å². The molecule has 23 heavy (non-hydrogen) atoms. The molecular weight excluding hydrogens is 298 g/mol. The largest absolute Gasteiger partial charge is 0.481 e. The van der Waals surface area contributed by atoms with E-state index in [4.69, 9.17) is 10.2 Å². The summed E-state index contributed by atoms with van der Waals surface area (Å²) in [6.45, 7) is 6.68. The molecule has 0 saturated heterocycles. The fraction of sp³-hybridized carbons (Fsp3) is 0.875. The number of rotatable bonds is 10. The summed E-state index contributed by atoms with van der Waals surface area (Å²) in [7, 11) is 7.50. The number of aliphatic carboxylic acids is 2. The van der Waals surface area contributed by atoms with Gasteiger partial charge in [-0.25, -0.2) is 0 Å². The number of hydrogen-bond acceptors (Lipinski definition) is 5. The van der Waals surface area contributed by atoms with E-state index in [9.17, 15) is 9.59 Å². The van der Waals surface area contributed by atoms with Crippen LogP contribution < -0.4 is 10.6 Å². The minimum Gasteiger partial charge on any atom is -0.481 e. The molecule has 0 amide bonds. The smallest absolute Gasteiger partial charge is 0.306 e. The van der Waals surface area contributed by atoms with Gasteiger partial charge in [-0.05, 0) is 67.1 Å². The fourth-order valence-corrected chi connectivity index (χ4v) is 1.77. The van der Waals surface area contributed by atoms with Gasteiger partial charge in [0.1, 0.15) is 0 Å². The Bertz CT molecular complexity index is 270. The monoisotopic (exact) mass is 335 g/mol. The molecule has 0 aromatic rings. The van der Waals surface area contributed by atoms with Gasteiger partial charge in [0.25, 0.3) is 0 Å². The van der Waals surface area contributed by atoms with E-state index in [0.717, 1.165) is 19.6 Å². The lowest BCUT2D eigenvalue weighted by atomic mass is 9.98. The molecule has 0 aromatic heterocycles. The summed E-state index contributed by atoms with van der Waals surface area (Å²) in [6.07, 6.45) is 1.53. The molecule has 7 nitrogen and oxygen atoms in total. The van der Waals surface area contributed by atoms with Crippen molar-refractivity contribution in [1.82, 2.24) is 15.5 Å². The molecule has 0 aliphatic heterocycles. The Morgan fingerprint density at radius 1 is 0.957 bits per heavy atom. The summed E-state index contributed by atoms with van der Waals surface area (Å²) >= 11 is 0. The molecule has 0 rings (SSSR count). The predicted molar refractivity (Wildman–Crippen MR) is 95.0 cm³/mol. The molecule has 0 aliphatic rings. The van der Waals surface area contributed by atoms with Gasteiger partial charge >= 0.3 is 11.9 Å². The van der Waals surface area contributed by atoms with Crippen LogP contribution >= 0.6 is 0 Å². The third kappa shape index (κ3) is 23.2. The highest BCUT2D eigenvalue weighted by atomic mass is 16.4. The van der Waals surface area contributed by atoms with Gasteiger partial charge in [-0.1, -0.05) is 13.8 Å². The lowest BCUT2D eigenvalue weighted by Gasteiger charge is -2.20. The first-order valence-electron chi connectivity index (χ1n) is 8.18. The van der Waals surface area contributed by atoms with Crippen molar-refractivity contribution in [3.63, 3.8) is 0 Å². The highest BCUT2D eigenvalue weighted by Crippen LogP contribution is 2.14. The molecule has 0 fully saturated rings. The lowest BCUT2D eigenvalue weighted by molar-refractivity contribution is -0.143. The van der Waals surface area contributed by atoms with Gasteiger partial charge in [-0.2, -0.15) is 0 Å². The molecule has 0 aromatic carbocycles. The van der Waals surface area contributed by atoms with Crippen LogP contribution in [0.15, 0.2) is 0 Å². The van der Waals surface area contributed by atoms with Crippen LogP contribution in [0.1, 0.15) is 39.5 Å². The summed E-state index contributed by atoms with van der Waals surface area (Å²) in [5, 5.41) is 23.0. The molecule has 0 saturated carbocycles. The van der Waals surface area contributed by atoms with Crippen LogP contribution in [0.3, 0.4) is 0 Å². The maximum absolute atomic E-state index is 11.0. The summed E-state index contributed by atoms with van der Waals surface area (Å²) in [5.41, 5.74) is 0. The van der Waals surface area contributed by atoms with Crippen molar-refractivity contribution in [2.24, 2.45) is 5.92 Å². The Hall–Kier alpha value is -1.18. The number of carboxylic acid groups (broad SMARTS) is 2. The van der Waals surface area contributed by atoms with Gasteiger partial charge < -0.3 is 25.7 Å². The molecule has 1 unspecified atom stereocenters. The van der Waals surface area contributed by atoms with Crippen LogP contribution in [-0.4, -0.2) is 74.9 Å². The molecule has 0 radical (unpaired) electrons. The van der Waals surface area contributed by atoms with Crippen LogP contribution in [0.5, 0.6) is 0 Å². The number of carboxylic acids is 2. The van der Waals surface area contributed by atoms with Crippen LogP contribution in [0.2, 0.25) is 0 Å². The normalized spacial score (nSPS) is 10.9. The van der Waals surface area contributed by atoms with E-state index < -0.39 is 17.9 Å². The molecule has 0 aliphatic carbocycles. The zero-order valence-corrected chi connectivity index (χ0v) is 15.7. The van der Waals surface area contributed by atoms with Crippen molar-refractivity contribution < 1.29 is 19.8 Å². The number of nitrogens with one attached hydrogen (secondary N) is 2. The molecular formula is C16H37N3O4. The molecule has 0 heterocycles. The standard InChI is InChI=1S/C12H23NO4.2C2H7N/c1-3-13(4-2)9-8-10(12(16)17)6-5-7-11(14)15;2*1-3-2/h10H,3-9H2,1-2H3,(H,14,15)(H,16,17);2*3H,1-2H3. The zero-order valence-electron chi connectivity index (χ0n) is 15.7. The average Bonchev–Trinajstić information content (AvgIpc) is 2.47. The maximum atomic E-state index is 11.0. The minimum absolute atomic E-state index is 0.0506. The number of hydrogen-bond donors (Lipinski definition) is 4. The molecule has 4 N–H and O–H groups in total. The summed E-state index contributed by atoms with van der Waals surface area (Å²) in [6, 6.07) is 0. The van der Waals surface area contributed by atoms with Gasteiger partial charge in [0.05, 0.1) is 5.92 Å². The van der Waals surface area contributed by atoms with Gasteiger partial charge in [0, 0.05) is 6.42 Å². The molecule has 1 atom stereocenters. The van der Waals surface area contributed by atoms with E-state index in [1.165, 1.54) is 0 Å². The first kappa shape index (κ1) is 26.7. The van der Waals surface area contributed by atoms with Crippen LogP contribution in [-0.2, 0) is 9.59 Å². The van der Waals surface area contributed by atoms with Crippen molar-refractivity contribution in [3.8, 4) is 0 Å². The summed E-state index contributed by atoms with van der Waals surface area (Å²) < 4.78 is 0. The zero-order chi connectivity index (χ0) is 18.7. The van der Waals surface area contributed by atoms with Crippen molar-refractivity contribution >= 4 is 11.9 Å². The second-order valence-electron chi connectivity index (χ2n) is 5.14. The van der Waals surface area contributed by atoms with Crippen molar-refractivity contribution in [2.45, 2.75) is 39.5 Å². The molecule has 7 heteroatoms. The van der Waals surface area contributed by atoms with E-state index in [-0.39, 0.29) is 6.42 Å². The number of nitrogens with zero attached hydrogens (tertiary/aromatic N) is 1. The Morgan fingerprint density at radius 2 is 1.39 bits per heavy atom. The topological polar surface area (TPSA) is 102 Å². The lowest BCUT2D eigenvalue weighted by Crippen LogP contribution is -2.27. The van der Waals surface area contributed by atoms with Gasteiger partial charge in [-0.15, -0.1) is 0 Å². The Morgan fingerprint density at radius 3 is 1.70 bits per heavy atom. The summed E-state index contributed by atoms with van der Waals surface area (Å²) in [5.74, 6) is -2.10. The minimum atomic E-state index is -0.863.